The molecule has 134 valence electrons. The Morgan fingerprint density at radius 1 is 1.04 bits per heavy atom. The van der Waals surface area contributed by atoms with Crippen LogP contribution < -0.4 is 8.51 Å². The fourth-order valence-electron chi connectivity index (χ4n) is 2.46. The smallest absolute Gasteiger partial charge is 0.147 e. The van der Waals surface area contributed by atoms with E-state index in [1.807, 2.05) is 0 Å². The molecule has 0 saturated heterocycles. The van der Waals surface area contributed by atoms with Crippen molar-refractivity contribution in [1.82, 2.24) is 0 Å². The van der Waals surface area contributed by atoms with Gasteiger partial charge in [-0.05, 0) is 0 Å². The van der Waals surface area contributed by atoms with E-state index in [-0.39, 0.29) is 24.8 Å². The largest absolute Gasteiger partial charge is 0.147 e. The first-order valence-corrected chi connectivity index (χ1v) is 12.4. The Kier molecular flexibility index (Phi) is 9.10. The van der Waals surface area contributed by atoms with Crippen LogP contribution in [0, 0.1) is 6.92 Å². The van der Waals surface area contributed by atoms with E-state index in [0.29, 0.717) is 5.04 Å². The van der Waals surface area contributed by atoms with Crippen molar-refractivity contribution in [2.24, 2.45) is 0 Å². The molecule has 1 aliphatic rings. The zero-order chi connectivity index (χ0) is 16.5. The van der Waals surface area contributed by atoms with Gasteiger partial charge in [0.2, 0.25) is 0 Å². The summed E-state index contributed by atoms with van der Waals surface area (Å²) < 4.78 is 7.76. The van der Waals surface area contributed by atoms with E-state index in [4.69, 9.17) is 3.32 Å². The van der Waals surface area contributed by atoms with Crippen molar-refractivity contribution >= 4 is 38.1 Å². The van der Waals surface area contributed by atoms with Gasteiger partial charge in [0.15, 0.2) is 0 Å². The third-order valence-electron chi connectivity index (χ3n) is 5.11. The fraction of sp³-hybridized carbons (Fsp3) is 0.474. The Balaban J connectivity index is 0.00000264. The second-order valence-corrected chi connectivity index (χ2v) is 14.8. The van der Waals surface area contributed by atoms with Gasteiger partial charge in [-0.3, -0.25) is 0 Å². The Hall–Kier alpha value is 0.0112. The SMILES string of the molecule is CC1=[C]([Ti][O]c2cc(C)cc([Si](C)(C)C(C)(C)C)c2)CC=C1.Cl.Cl. The molecule has 0 aliphatic heterocycles. The summed E-state index contributed by atoms with van der Waals surface area (Å²) in [6, 6.07) is 6.87. The third kappa shape index (κ3) is 5.51. The molecule has 0 amide bonds. The molecule has 0 atom stereocenters. The van der Waals surface area contributed by atoms with Crippen molar-refractivity contribution in [2.45, 2.75) is 59.2 Å². The normalized spacial score (nSPS) is 14.1. The predicted molar refractivity (Wildman–Crippen MR) is 110 cm³/mol. The van der Waals surface area contributed by atoms with Crippen LogP contribution in [0.25, 0.3) is 0 Å². The fourth-order valence-corrected chi connectivity index (χ4v) is 5.67. The maximum absolute atomic E-state index is 6.24. The zero-order valence-corrected chi connectivity index (χ0v) is 20.0. The molecular formula is C19H30Cl2OSiTi. The predicted octanol–water partition coefficient (Wildman–Crippen LogP) is 6.16. The number of hydrogen-bond donors (Lipinski definition) is 0. The van der Waals surface area contributed by atoms with E-state index in [9.17, 15) is 0 Å². The van der Waals surface area contributed by atoms with Crippen LogP contribution in [-0.2, 0) is 19.5 Å². The average molecular weight is 421 g/mol. The van der Waals surface area contributed by atoms with Gasteiger partial charge in [0.1, 0.15) is 0 Å². The standard InChI is InChI=1S/C13H22OSi.C6H7.2ClH.Ti/c1-10-7-11(14)9-12(8-10)15(5,6)13(2,3)4;1-6-4-2-3-5-6;;;/h7-9,14H,1-6H3;2,4H,3H2,1H3;2*1H;/q;;;;+1/p-1. The van der Waals surface area contributed by atoms with Gasteiger partial charge in [0, 0.05) is 0 Å². The van der Waals surface area contributed by atoms with Gasteiger partial charge in [0.25, 0.3) is 0 Å². The molecule has 0 N–H and O–H groups in total. The van der Waals surface area contributed by atoms with Crippen LogP contribution in [-0.4, -0.2) is 8.07 Å². The topological polar surface area (TPSA) is 9.23 Å². The van der Waals surface area contributed by atoms with Gasteiger partial charge in [-0.2, -0.15) is 0 Å². The molecule has 0 saturated carbocycles. The molecule has 2 rings (SSSR count). The second kappa shape index (κ2) is 9.10. The molecule has 1 nitrogen and oxygen atoms in total. The molecule has 0 fully saturated rings. The van der Waals surface area contributed by atoms with Gasteiger partial charge < -0.3 is 0 Å². The van der Waals surface area contributed by atoms with Crippen molar-refractivity contribution in [2.75, 3.05) is 0 Å². The molecule has 0 heterocycles. The molecule has 24 heavy (non-hydrogen) atoms. The summed E-state index contributed by atoms with van der Waals surface area (Å²) in [4.78, 5) is 0. The molecule has 1 aromatic carbocycles. The van der Waals surface area contributed by atoms with Gasteiger partial charge in [0.05, 0.1) is 0 Å². The maximum atomic E-state index is 6.24. The maximum Gasteiger partial charge on any atom is -0.147 e. The van der Waals surface area contributed by atoms with Crippen molar-refractivity contribution < 1.29 is 22.9 Å². The molecular weight excluding hydrogens is 391 g/mol. The third-order valence-corrected chi connectivity index (χ3v) is 12.4. The van der Waals surface area contributed by atoms with Gasteiger partial charge in [-0.25, -0.2) is 0 Å². The summed E-state index contributed by atoms with van der Waals surface area (Å²) in [5.41, 5.74) is 2.73. The van der Waals surface area contributed by atoms with Crippen LogP contribution in [0.5, 0.6) is 5.75 Å². The molecule has 1 aromatic rings. The number of aryl methyl sites for hydroxylation is 1. The Morgan fingerprint density at radius 2 is 1.67 bits per heavy atom. The Bertz CT molecular complexity index is 631. The Labute approximate surface area is 170 Å². The van der Waals surface area contributed by atoms with E-state index >= 15 is 0 Å². The molecule has 0 aromatic heterocycles. The first kappa shape index (κ1) is 24.0. The molecule has 0 spiro atoms. The molecule has 0 radical (unpaired) electrons. The number of benzene rings is 1. The number of halogens is 2. The van der Waals surface area contributed by atoms with Gasteiger partial charge in [-0.1, -0.05) is 0 Å². The van der Waals surface area contributed by atoms with Crippen LogP contribution in [0.3, 0.4) is 0 Å². The van der Waals surface area contributed by atoms with Gasteiger partial charge >= 0.3 is 146 Å². The first-order valence-electron chi connectivity index (χ1n) is 8.02. The minimum absolute atomic E-state index is 0. The van der Waals surface area contributed by atoms with E-state index in [1.165, 1.54) is 20.2 Å². The van der Waals surface area contributed by atoms with E-state index in [0.717, 1.165) is 12.2 Å². The van der Waals surface area contributed by atoms with E-state index < -0.39 is 27.6 Å². The van der Waals surface area contributed by atoms with Crippen molar-refractivity contribution in [1.29, 1.82) is 0 Å². The molecule has 1 aliphatic carbocycles. The van der Waals surface area contributed by atoms with Crippen LogP contribution in [0.2, 0.25) is 18.1 Å². The van der Waals surface area contributed by atoms with Crippen molar-refractivity contribution in [3.05, 3.63) is 45.4 Å². The van der Waals surface area contributed by atoms with Crippen LogP contribution in [0.15, 0.2) is 39.8 Å². The Morgan fingerprint density at radius 3 is 2.17 bits per heavy atom. The minimum atomic E-state index is -1.51. The van der Waals surface area contributed by atoms with Crippen molar-refractivity contribution in [3.63, 3.8) is 0 Å². The zero-order valence-electron chi connectivity index (χ0n) is 15.8. The summed E-state index contributed by atoms with van der Waals surface area (Å²) in [5, 5.41) is 1.86. The molecule has 5 heteroatoms. The number of rotatable bonds is 4. The van der Waals surface area contributed by atoms with Gasteiger partial charge in [-0.15, -0.1) is 24.8 Å². The molecule has 0 unspecified atom stereocenters. The summed E-state index contributed by atoms with van der Waals surface area (Å²) in [5.74, 6) is 1.08. The first-order chi connectivity index (χ1) is 10.1. The van der Waals surface area contributed by atoms with E-state index in [1.54, 1.807) is 0 Å². The number of hydrogen-bond acceptors (Lipinski definition) is 1. The minimum Gasteiger partial charge on any atom is -0.147 e. The summed E-state index contributed by atoms with van der Waals surface area (Å²) in [6.07, 6.45) is 5.56. The van der Waals surface area contributed by atoms with Crippen molar-refractivity contribution in [3.8, 4) is 5.75 Å². The quantitative estimate of drug-likeness (QED) is 0.529. The second-order valence-electron chi connectivity index (χ2n) is 7.88. The summed E-state index contributed by atoms with van der Waals surface area (Å²) in [7, 11) is -1.51. The van der Waals surface area contributed by atoms with Crippen LogP contribution >= 0.6 is 24.8 Å². The number of allylic oxidation sites excluding steroid dienone is 4. The summed E-state index contributed by atoms with van der Waals surface area (Å²) in [6.45, 7) is 16.4. The average Bonchev–Trinajstić information content (AvgIpc) is 2.80. The van der Waals surface area contributed by atoms with Crippen LogP contribution in [0.1, 0.15) is 39.7 Å². The van der Waals surface area contributed by atoms with E-state index in [2.05, 4.69) is 78.1 Å². The monoisotopic (exact) mass is 420 g/mol. The molecule has 0 bridgehead atoms. The van der Waals surface area contributed by atoms with Crippen LogP contribution in [0.4, 0.5) is 0 Å². The summed E-state index contributed by atoms with van der Waals surface area (Å²) >= 11 is -0.501.